The zero-order valence-corrected chi connectivity index (χ0v) is 12.2. The van der Waals surface area contributed by atoms with Gasteiger partial charge < -0.3 is 10.0 Å². The number of aromatic carboxylic acids is 1. The van der Waals surface area contributed by atoms with Gasteiger partial charge in [0.15, 0.2) is 0 Å². The topological polar surface area (TPSA) is 58.4 Å². The summed E-state index contributed by atoms with van der Waals surface area (Å²) in [7, 11) is 1.77. The monoisotopic (exact) mass is 273 g/mol. The number of carboxylic acid groups (broad SMARTS) is 1. The summed E-state index contributed by atoms with van der Waals surface area (Å²) < 4.78 is 1.63. The third-order valence-electron chi connectivity index (χ3n) is 3.32. The lowest BCUT2D eigenvalue weighted by atomic mass is 10.2. The van der Waals surface area contributed by atoms with Crippen LogP contribution in [-0.2, 0) is 7.05 Å². The standard InChI is InChI=1S/C15H19N3O2/c1-5-18(12-8-6-10(2)7-9-12)14-13(15(19)20)11(3)16-17(14)4/h6-9H,5H2,1-4H3,(H,19,20). The van der Waals surface area contributed by atoms with Crippen molar-refractivity contribution in [3.8, 4) is 0 Å². The Morgan fingerprint density at radius 1 is 1.30 bits per heavy atom. The minimum absolute atomic E-state index is 0.259. The molecule has 0 atom stereocenters. The summed E-state index contributed by atoms with van der Waals surface area (Å²) >= 11 is 0. The molecule has 2 rings (SSSR count). The molecular weight excluding hydrogens is 254 g/mol. The van der Waals surface area contributed by atoms with E-state index in [1.807, 2.05) is 43.0 Å². The average molecular weight is 273 g/mol. The van der Waals surface area contributed by atoms with Gasteiger partial charge >= 0.3 is 5.97 Å². The number of rotatable bonds is 4. The highest BCUT2D eigenvalue weighted by Crippen LogP contribution is 2.30. The molecule has 1 aromatic heterocycles. The smallest absolute Gasteiger partial charge is 0.341 e. The van der Waals surface area contributed by atoms with Crippen LogP contribution < -0.4 is 4.90 Å². The van der Waals surface area contributed by atoms with E-state index in [0.717, 1.165) is 5.69 Å². The first-order valence-electron chi connectivity index (χ1n) is 6.56. The molecule has 0 fully saturated rings. The summed E-state index contributed by atoms with van der Waals surface area (Å²) in [6.45, 7) is 6.41. The zero-order chi connectivity index (χ0) is 14.9. The van der Waals surface area contributed by atoms with Gasteiger partial charge in [-0.05, 0) is 32.9 Å². The van der Waals surface area contributed by atoms with Crippen LogP contribution in [0, 0.1) is 13.8 Å². The predicted octanol–water partition coefficient (Wildman–Crippen LogP) is 2.89. The summed E-state index contributed by atoms with van der Waals surface area (Å²) in [5.41, 5.74) is 2.92. The summed E-state index contributed by atoms with van der Waals surface area (Å²) in [6, 6.07) is 8.02. The lowest BCUT2D eigenvalue weighted by Gasteiger charge is -2.24. The molecule has 5 nitrogen and oxygen atoms in total. The van der Waals surface area contributed by atoms with Crippen molar-refractivity contribution >= 4 is 17.5 Å². The summed E-state index contributed by atoms with van der Waals surface area (Å²) in [6.07, 6.45) is 0. The van der Waals surface area contributed by atoms with Crippen molar-refractivity contribution in [1.29, 1.82) is 0 Å². The number of carboxylic acids is 1. The van der Waals surface area contributed by atoms with Gasteiger partial charge in [0.05, 0.1) is 5.69 Å². The number of nitrogens with zero attached hydrogens (tertiary/aromatic N) is 3. The van der Waals surface area contributed by atoms with Crippen LogP contribution in [0.15, 0.2) is 24.3 Å². The van der Waals surface area contributed by atoms with Gasteiger partial charge in [0, 0.05) is 19.3 Å². The van der Waals surface area contributed by atoms with Crippen molar-refractivity contribution in [3.05, 3.63) is 41.1 Å². The Balaban J connectivity index is 2.57. The second-order valence-electron chi connectivity index (χ2n) is 4.79. The van der Waals surface area contributed by atoms with Crippen molar-refractivity contribution in [1.82, 2.24) is 9.78 Å². The Labute approximate surface area is 118 Å². The molecule has 1 aromatic carbocycles. The number of anilines is 2. The van der Waals surface area contributed by atoms with E-state index < -0.39 is 5.97 Å². The molecular formula is C15H19N3O2. The fourth-order valence-electron chi connectivity index (χ4n) is 2.39. The van der Waals surface area contributed by atoms with Gasteiger partial charge in [0.1, 0.15) is 11.4 Å². The normalized spacial score (nSPS) is 10.6. The van der Waals surface area contributed by atoms with E-state index in [-0.39, 0.29) is 5.56 Å². The van der Waals surface area contributed by atoms with Crippen LogP contribution in [0.25, 0.3) is 0 Å². The largest absolute Gasteiger partial charge is 0.477 e. The van der Waals surface area contributed by atoms with Gasteiger partial charge in [0.2, 0.25) is 0 Å². The molecule has 5 heteroatoms. The molecule has 1 heterocycles. The van der Waals surface area contributed by atoms with E-state index in [9.17, 15) is 9.90 Å². The van der Waals surface area contributed by atoms with Crippen molar-refractivity contribution in [2.45, 2.75) is 20.8 Å². The summed E-state index contributed by atoms with van der Waals surface area (Å²) in [5, 5.41) is 13.7. The molecule has 0 saturated heterocycles. The number of aryl methyl sites for hydroxylation is 3. The number of hydrogen-bond acceptors (Lipinski definition) is 3. The molecule has 0 aliphatic rings. The minimum Gasteiger partial charge on any atom is -0.477 e. The number of hydrogen-bond donors (Lipinski definition) is 1. The average Bonchev–Trinajstić information content (AvgIpc) is 2.68. The van der Waals surface area contributed by atoms with E-state index in [0.29, 0.717) is 18.1 Å². The van der Waals surface area contributed by atoms with Crippen molar-refractivity contribution in [2.24, 2.45) is 7.05 Å². The van der Waals surface area contributed by atoms with Crippen LogP contribution in [0.4, 0.5) is 11.5 Å². The van der Waals surface area contributed by atoms with Crippen LogP contribution in [0.3, 0.4) is 0 Å². The second kappa shape index (κ2) is 5.36. The van der Waals surface area contributed by atoms with Gasteiger partial charge in [-0.1, -0.05) is 17.7 Å². The van der Waals surface area contributed by atoms with Crippen molar-refractivity contribution in [3.63, 3.8) is 0 Å². The van der Waals surface area contributed by atoms with Gasteiger partial charge in [-0.3, -0.25) is 4.68 Å². The molecule has 0 unspecified atom stereocenters. The van der Waals surface area contributed by atoms with Gasteiger partial charge in [-0.25, -0.2) is 4.79 Å². The van der Waals surface area contributed by atoms with E-state index in [1.165, 1.54) is 5.56 Å². The molecule has 106 valence electrons. The van der Waals surface area contributed by atoms with E-state index in [4.69, 9.17) is 0 Å². The van der Waals surface area contributed by atoms with Crippen LogP contribution in [0.1, 0.15) is 28.5 Å². The van der Waals surface area contributed by atoms with E-state index in [2.05, 4.69) is 5.10 Å². The SMILES string of the molecule is CCN(c1ccc(C)cc1)c1c(C(=O)O)c(C)nn1C. The lowest BCUT2D eigenvalue weighted by molar-refractivity contribution is 0.0697. The Hall–Kier alpha value is -2.30. The Bertz CT molecular complexity index is 629. The van der Waals surface area contributed by atoms with E-state index in [1.54, 1.807) is 18.7 Å². The first kappa shape index (κ1) is 14.1. The zero-order valence-electron chi connectivity index (χ0n) is 12.2. The molecule has 0 amide bonds. The third kappa shape index (κ3) is 2.39. The van der Waals surface area contributed by atoms with Gasteiger partial charge in [-0.2, -0.15) is 5.10 Å². The lowest BCUT2D eigenvalue weighted by Crippen LogP contribution is -2.21. The van der Waals surface area contributed by atoms with Gasteiger partial charge in [-0.15, -0.1) is 0 Å². The molecule has 0 radical (unpaired) electrons. The Morgan fingerprint density at radius 2 is 1.90 bits per heavy atom. The third-order valence-corrected chi connectivity index (χ3v) is 3.32. The number of carbonyl (C=O) groups is 1. The minimum atomic E-state index is -0.948. The summed E-state index contributed by atoms with van der Waals surface area (Å²) in [5.74, 6) is -0.336. The molecule has 0 bridgehead atoms. The molecule has 0 aliphatic heterocycles. The highest BCUT2D eigenvalue weighted by atomic mass is 16.4. The van der Waals surface area contributed by atoms with Crippen molar-refractivity contribution in [2.75, 3.05) is 11.4 Å². The quantitative estimate of drug-likeness (QED) is 0.930. The van der Waals surface area contributed by atoms with Crippen LogP contribution in [0.2, 0.25) is 0 Å². The van der Waals surface area contributed by atoms with Gasteiger partial charge in [0.25, 0.3) is 0 Å². The van der Waals surface area contributed by atoms with Crippen molar-refractivity contribution < 1.29 is 9.90 Å². The Morgan fingerprint density at radius 3 is 2.40 bits per heavy atom. The van der Waals surface area contributed by atoms with Crippen LogP contribution in [0.5, 0.6) is 0 Å². The number of benzene rings is 1. The molecule has 0 spiro atoms. The Kier molecular flexibility index (Phi) is 3.79. The first-order valence-corrected chi connectivity index (χ1v) is 6.56. The molecule has 1 N–H and O–H groups in total. The van der Waals surface area contributed by atoms with Crippen LogP contribution >= 0.6 is 0 Å². The highest BCUT2D eigenvalue weighted by Gasteiger charge is 2.24. The maximum atomic E-state index is 11.5. The molecule has 2 aromatic rings. The highest BCUT2D eigenvalue weighted by molar-refractivity contribution is 5.95. The molecule has 20 heavy (non-hydrogen) atoms. The first-order chi connectivity index (χ1) is 9.45. The maximum Gasteiger partial charge on any atom is 0.341 e. The number of aromatic nitrogens is 2. The molecule has 0 aliphatic carbocycles. The second-order valence-corrected chi connectivity index (χ2v) is 4.79. The fraction of sp³-hybridized carbons (Fsp3) is 0.333. The van der Waals surface area contributed by atoms with Crippen LogP contribution in [-0.4, -0.2) is 27.4 Å². The fourth-order valence-corrected chi connectivity index (χ4v) is 2.39. The summed E-state index contributed by atoms with van der Waals surface area (Å²) in [4.78, 5) is 13.4. The maximum absolute atomic E-state index is 11.5. The predicted molar refractivity (Wildman–Crippen MR) is 78.8 cm³/mol. The van der Waals surface area contributed by atoms with E-state index >= 15 is 0 Å². The molecule has 0 saturated carbocycles.